The molecule has 22 heavy (non-hydrogen) atoms. The van der Waals surface area contributed by atoms with Crippen molar-refractivity contribution >= 4 is 11.6 Å². The van der Waals surface area contributed by atoms with E-state index in [9.17, 15) is 10.4 Å². The molecule has 110 valence electrons. The summed E-state index contributed by atoms with van der Waals surface area (Å²) in [6.07, 6.45) is 0.315. The smallest absolute Gasteiger partial charge is 0.131 e. The standard InChI is InChI=1S/C18H15ClN2O/c19-16-9-5-4-8-13(16)14-10-18(22,17(21)15(14)11-20)12-6-2-1-3-7-12/h1-9,14,22H,10,21H2/t14-,18-/m0/s1. The van der Waals surface area contributed by atoms with E-state index in [1.54, 1.807) is 6.07 Å². The molecule has 0 saturated carbocycles. The summed E-state index contributed by atoms with van der Waals surface area (Å²) in [6.45, 7) is 0. The zero-order valence-corrected chi connectivity index (χ0v) is 12.6. The van der Waals surface area contributed by atoms with Crippen LogP contribution in [-0.2, 0) is 5.60 Å². The number of benzene rings is 2. The topological polar surface area (TPSA) is 70.0 Å². The Balaban J connectivity index is 2.12. The van der Waals surface area contributed by atoms with Gasteiger partial charge in [-0.25, -0.2) is 0 Å². The van der Waals surface area contributed by atoms with Gasteiger partial charge in [-0.2, -0.15) is 5.26 Å². The Morgan fingerprint density at radius 3 is 2.41 bits per heavy atom. The normalized spacial score (nSPS) is 24.3. The summed E-state index contributed by atoms with van der Waals surface area (Å²) in [5.74, 6) is -0.302. The van der Waals surface area contributed by atoms with Gasteiger partial charge in [0, 0.05) is 10.9 Å². The highest BCUT2D eigenvalue weighted by Crippen LogP contribution is 2.49. The molecule has 3 nitrogen and oxygen atoms in total. The fourth-order valence-corrected chi connectivity index (χ4v) is 3.33. The third-order valence-electron chi connectivity index (χ3n) is 4.24. The van der Waals surface area contributed by atoms with Crippen LogP contribution in [0, 0.1) is 11.3 Å². The Kier molecular flexibility index (Phi) is 3.66. The van der Waals surface area contributed by atoms with Crippen molar-refractivity contribution < 1.29 is 5.11 Å². The van der Waals surface area contributed by atoms with Crippen LogP contribution in [0.4, 0.5) is 0 Å². The largest absolute Gasteiger partial charge is 0.399 e. The molecule has 4 heteroatoms. The van der Waals surface area contributed by atoms with Gasteiger partial charge in [0.1, 0.15) is 5.60 Å². The summed E-state index contributed by atoms with van der Waals surface area (Å²) >= 11 is 6.26. The van der Waals surface area contributed by atoms with E-state index < -0.39 is 5.60 Å². The molecule has 2 aromatic rings. The minimum Gasteiger partial charge on any atom is -0.399 e. The molecule has 3 N–H and O–H groups in total. The lowest BCUT2D eigenvalue weighted by Crippen LogP contribution is -2.29. The summed E-state index contributed by atoms with van der Waals surface area (Å²) in [5, 5.41) is 21.1. The van der Waals surface area contributed by atoms with Crippen molar-refractivity contribution in [3.05, 3.63) is 82.0 Å². The first-order valence-corrected chi connectivity index (χ1v) is 7.38. The van der Waals surface area contributed by atoms with Crippen LogP contribution in [0.5, 0.6) is 0 Å². The first-order chi connectivity index (χ1) is 10.6. The Hall–Kier alpha value is -2.28. The minimum atomic E-state index is -1.34. The zero-order chi connectivity index (χ0) is 15.7. The molecule has 0 heterocycles. The molecular formula is C18H15ClN2O. The molecule has 3 rings (SSSR count). The number of hydrogen-bond donors (Lipinski definition) is 2. The molecule has 0 spiro atoms. The van der Waals surface area contributed by atoms with E-state index in [0.717, 1.165) is 5.56 Å². The van der Waals surface area contributed by atoms with Gasteiger partial charge in [-0.15, -0.1) is 0 Å². The van der Waals surface area contributed by atoms with Gasteiger partial charge in [-0.3, -0.25) is 0 Å². The number of halogens is 1. The first kappa shape index (κ1) is 14.6. The molecule has 0 amide bonds. The molecule has 1 aliphatic carbocycles. The van der Waals surface area contributed by atoms with E-state index in [1.165, 1.54) is 0 Å². The van der Waals surface area contributed by atoms with Crippen LogP contribution < -0.4 is 5.73 Å². The van der Waals surface area contributed by atoms with Gasteiger partial charge in [0.05, 0.1) is 17.3 Å². The van der Waals surface area contributed by atoms with E-state index in [2.05, 4.69) is 6.07 Å². The molecule has 0 fully saturated rings. The second kappa shape index (κ2) is 5.49. The van der Waals surface area contributed by atoms with Gasteiger partial charge < -0.3 is 10.8 Å². The summed E-state index contributed by atoms with van der Waals surface area (Å²) in [5.41, 5.74) is 6.91. The Morgan fingerprint density at radius 1 is 1.14 bits per heavy atom. The molecule has 0 aliphatic heterocycles. The van der Waals surface area contributed by atoms with Crippen molar-refractivity contribution in [3.8, 4) is 6.07 Å². The minimum absolute atomic E-state index is 0.214. The lowest BCUT2D eigenvalue weighted by Gasteiger charge is -2.25. The predicted octanol–water partition coefficient (Wildman–Crippen LogP) is 3.45. The highest BCUT2D eigenvalue weighted by Gasteiger charge is 2.45. The molecule has 0 aromatic heterocycles. The van der Waals surface area contributed by atoms with Crippen molar-refractivity contribution in [2.24, 2.45) is 5.73 Å². The number of allylic oxidation sites excluding steroid dienone is 1. The number of aliphatic hydroxyl groups is 1. The molecule has 2 atom stereocenters. The van der Waals surface area contributed by atoms with E-state index in [4.69, 9.17) is 17.3 Å². The quantitative estimate of drug-likeness (QED) is 0.892. The van der Waals surface area contributed by atoms with Crippen LogP contribution >= 0.6 is 11.6 Å². The van der Waals surface area contributed by atoms with Gasteiger partial charge in [0.2, 0.25) is 0 Å². The van der Waals surface area contributed by atoms with Crippen LogP contribution in [0.25, 0.3) is 0 Å². The van der Waals surface area contributed by atoms with E-state index in [-0.39, 0.29) is 11.6 Å². The van der Waals surface area contributed by atoms with Crippen molar-refractivity contribution in [2.45, 2.75) is 17.9 Å². The monoisotopic (exact) mass is 310 g/mol. The molecule has 0 saturated heterocycles. The molecule has 0 unspecified atom stereocenters. The summed E-state index contributed by atoms with van der Waals surface area (Å²) in [4.78, 5) is 0. The van der Waals surface area contributed by atoms with Crippen molar-refractivity contribution in [1.82, 2.24) is 0 Å². The number of rotatable bonds is 2. The van der Waals surface area contributed by atoms with Crippen molar-refractivity contribution in [3.63, 3.8) is 0 Å². The van der Waals surface area contributed by atoms with Crippen LogP contribution in [0.2, 0.25) is 5.02 Å². The van der Waals surface area contributed by atoms with Gasteiger partial charge in [0.15, 0.2) is 0 Å². The maximum Gasteiger partial charge on any atom is 0.131 e. The average molecular weight is 311 g/mol. The van der Waals surface area contributed by atoms with Crippen LogP contribution in [0.1, 0.15) is 23.5 Å². The van der Waals surface area contributed by atoms with Gasteiger partial charge in [0.25, 0.3) is 0 Å². The Labute approximate surface area is 134 Å². The number of hydrogen-bond acceptors (Lipinski definition) is 3. The van der Waals surface area contributed by atoms with Gasteiger partial charge >= 0.3 is 0 Å². The lowest BCUT2D eigenvalue weighted by molar-refractivity contribution is 0.0724. The fourth-order valence-electron chi connectivity index (χ4n) is 3.07. The highest BCUT2D eigenvalue weighted by atomic mass is 35.5. The predicted molar refractivity (Wildman–Crippen MR) is 86.0 cm³/mol. The first-order valence-electron chi connectivity index (χ1n) is 7.00. The van der Waals surface area contributed by atoms with Crippen LogP contribution in [0.3, 0.4) is 0 Å². The number of nitrogens with two attached hydrogens (primary N) is 1. The molecular weight excluding hydrogens is 296 g/mol. The highest BCUT2D eigenvalue weighted by molar-refractivity contribution is 6.31. The Morgan fingerprint density at radius 2 is 1.77 bits per heavy atom. The maximum absolute atomic E-state index is 11.1. The number of nitrogens with zero attached hydrogens (tertiary/aromatic N) is 1. The zero-order valence-electron chi connectivity index (χ0n) is 11.8. The third kappa shape index (κ3) is 2.18. The maximum atomic E-state index is 11.1. The van der Waals surface area contributed by atoms with E-state index in [1.807, 2.05) is 48.5 Å². The Bertz CT molecular complexity index is 779. The van der Waals surface area contributed by atoms with E-state index >= 15 is 0 Å². The number of nitriles is 1. The van der Waals surface area contributed by atoms with Gasteiger partial charge in [-0.1, -0.05) is 60.1 Å². The molecule has 1 aliphatic rings. The summed E-state index contributed by atoms with van der Waals surface area (Å²) in [6, 6.07) is 18.7. The van der Waals surface area contributed by atoms with Crippen LogP contribution in [-0.4, -0.2) is 5.11 Å². The third-order valence-corrected chi connectivity index (χ3v) is 4.58. The molecule has 2 aromatic carbocycles. The van der Waals surface area contributed by atoms with Gasteiger partial charge in [-0.05, 0) is 23.6 Å². The SMILES string of the molecule is N#CC1=C(N)[C@@](O)(c2ccccc2)C[C@H]1c1ccccc1Cl. The van der Waals surface area contributed by atoms with Crippen molar-refractivity contribution in [1.29, 1.82) is 5.26 Å². The summed E-state index contributed by atoms with van der Waals surface area (Å²) in [7, 11) is 0. The summed E-state index contributed by atoms with van der Waals surface area (Å²) < 4.78 is 0. The second-order valence-electron chi connectivity index (χ2n) is 5.44. The second-order valence-corrected chi connectivity index (χ2v) is 5.85. The average Bonchev–Trinajstić information content (AvgIpc) is 2.81. The van der Waals surface area contributed by atoms with Crippen molar-refractivity contribution in [2.75, 3.05) is 0 Å². The fraction of sp³-hybridized carbons (Fsp3) is 0.167. The van der Waals surface area contributed by atoms with Crippen LogP contribution in [0.15, 0.2) is 65.9 Å². The molecule has 0 bridgehead atoms. The molecule has 0 radical (unpaired) electrons. The lowest BCUT2D eigenvalue weighted by atomic mass is 9.86. The van der Waals surface area contributed by atoms with E-state index in [0.29, 0.717) is 22.6 Å².